The molecule has 3 aromatic rings. The average Bonchev–Trinajstić information content (AvgIpc) is 3.19. The highest BCUT2D eigenvalue weighted by Crippen LogP contribution is 2.19. The van der Waals surface area contributed by atoms with Crippen LogP contribution >= 0.6 is 0 Å². The minimum absolute atomic E-state index is 0.486. The molecular formula is C20H21FN4O3S. The van der Waals surface area contributed by atoms with Gasteiger partial charge in [0, 0.05) is 0 Å². The van der Waals surface area contributed by atoms with Gasteiger partial charge in [-0.3, -0.25) is 4.79 Å². The second-order valence-electron chi connectivity index (χ2n) is 6.55. The third kappa shape index (κ3) is 4.87. The van der Waals surface area contributed by atoms with E-state index in [1.165, 1.54) is 19.1 Å². The van der Waals surface area contributed by atoms with E-state index < -0.39 is 38.7 Å². The van der Waals surface area contributed by atoms with E-state index in [1.807, 2.05) is 30.3 Å². The van der Waals surface area contributed by atoms with Gasteiger partial charge in [0.2, 0.25) is 15.9 Å². The number of carbonyl (C=O) groups is 1. The first-order valence-electron chi connectivity index (χ1n) is 8.95. The molecule has 0 fully saturated rings. The van der Waals surface area contributed by atoms with Crippen molar-refractivity contribution in [2.75, 3.05) is 0 Å². The van der Waals surface area contributed by atoms with E-state index in [9.17, 15) is 17.6 Å². The Kier molecular flexibility index (Phi) is 6.09. The van der Waals surface area contributed by atoms with E-state index >= 15 is 0 Å². The molecule has 1 aromatic heterocycles. The maximum Gasteiger partial charge on any atom is 0.244 e. The van der Waals surface area contributed by atoms with Crippen molar-refractivity contribution in [1.82, 2.24) is 20.0 Å². The number of aromatic nitrogens is 2. The number of benzene rings is 2. The molecule has 0 spiro atoms. The van der Waals surface area contributed by atoms with Crippen LogP contribution in [0.2, 0.25) is 0 Å². The number of halogens is 1. The van der Waals surface area contributed by atoms with Crippen LogP contribution in [-0.2, 0) is 14.8 Å². The lowest BCUT2D eigenvalue weighted by Gasteiger charge is -2.17. The first-order valence-corrected chi connectivity index (χ1v) is 10.4. The second kappa shape index (κ2) is 8.54. The fourth-order valence-electron chi connectivity index (χ4n) is 2.74. The van der Waals surface area contributed by atoms with E-state index in [1.54, 1.807) is 13.1 Å². The number of sulfonamides is 1. The monoisotopic (exact) mass is 416 g/mol. The highest BCUT2D eigenvalue weighted by molar-refractivity contribution is 7.89. The summed E-state index contributed by atoms with van der Waals surface area (Å²) in [5.41, 5.74) is 1.76. The molecule has 152 valence electrons. The van der Waals surface area contributed by atoms with Crippen molar-refractivity contribution >= 4 is 15.9 Å². The Balaban J connectivity index is 1.65. The van der Waals surface area contributed by atoms with Crippen molar-refractivity contribution in [2.45, 2.75) is 30.8 Å². The molecule has 1 unspecified atom stereocenters. The third-order valence-corrected chi connectivity index (χ3v) is 5.87. The maximum absolute atomic E-state index is 13.8. The van der Waals surface area contributed by atoms with Gasteiger partial charge < -0.3 is 10.3 Å². The number of H-pyrrole nitrogens is 1. The Labute approximate surface area is 168 Å². The van der Waals surface area contributed by atoms with Crippen molar-refractivity contribution in [3.05, 3.63) is 72.4 Å². The molecule has 1 heterocycles. The van der Waals surface area contributed by atoms with Gasteiger partial charge in [-0.2, -0.15) is 4.72 Å². The van der Waals surface area contributed by atoms with E-state index in [4.69, 9.17) is 0 Å². The van der Waals surface area contributed by atoms with Gasteiger partial charge in [0.05, 0.1) is 24.0 Å². The molecule has 0 bridgehead atoms. The van der Waals surface area contributed by atoms with Gasteiger partial charge in [-0.1, -0.05) is 42.5 Å². The zero-order chi connectivity index (χ0) is 21.0. The Morgan fingerprint density at radius 3 is 2.41 bits per heavy atom. The summed E-state index contributed by atoms with van der Waals surface area (Å²) in [6, 6.07) is 13.0. The molecular weight excluding hydrogens is 395 g/mol. The average molecular weight is 416 g/mol. The summed E-state index contributed by atoms with van der Waals surface area (Å²) in [4.78, 5) is 19.3. The van der Waals surface area contributed by atoms with E-state index in [0.717, 1.165) is 23.4 Å². The van der Waals surface area contributed by atoms with Crippen molar-refractivity contribution < 1.29 is 17.6 Å². The molecule has 1 amide bonds. The topological polar surface area (TPSA) is 104 Å². The summed E-state index contributed by atoms with van der Waals surface area (Å²) in [6.07, 6.45) is 1.66. The molecule has 7 nitrogen and oxygen atoms in total. The SMILES string of the molecule is CC(NC(=O)[C@H](C)NS(=O)(=O)c1ccccc1F)c1ncc(-c2ccccc2)[nH]1. The highest BCUT2D eigenvalue weighted by Gasteiger charge is 2.25. The number of nitrogens with zero attached hydrogens (tertiary/aromatic N) is 1. The van der Waals surface area contributed by atoms with Crippen LogP contribution in [0.5, 0.6) is 0 Å². The quantitative estimate of drug-likeness (QED) is 0.551. The van der Waals surface area contributed by atoms with E-state index in [0.29, 0.717) is 5.82 Å². The number of hydrogen-bond donors (Lipinski definition) is 3. The molecule has 3 rings (SSSR count). The van der Waals surface area contributed by atoms with Crippen LogP contribution < -0.4 is 10.0 Å². The fourth-order valence-corrected chi connectivity index (χ4v) is 4.02. The lowest BCUT2D eigenvalue weighted by atomic mass is 10.2. The number of rotatable bonds is 7. The van der Waals surface area contributed by atoms with Crippen LogP contribution in [0.3, 0.4) is 0 Å². The standard InChI is InChI=1S/C20H21FN4O3S/c1-13(19-22-12-17(24-19)15-8-4-3-5-9-15)23-20(26)14(2)25-29(27,28)18-11-7-6-10-16(18)21/h3-14,25H,1-2H3,(H,22,24)(H,23,26)/t13?,14-/m0/s1. The normalized spacial score (nSPS) is 13.6. The van der Waals surface area contributed by atoms with Crippen LogP contribution in [0.15, 0.2) is 65.7 Å². The van der Waals surface area contributed by atoms with Gasteiger partial charge in [-0.25, -0.2) is 17.8 Å². The summed E-state index contributed by atoms with van der Waals surface area (Å²) < 4.78 is 40.6. The first kappa shape index (κ1) is 20.7. The maximum atomic E-state index is 13.8. The molecule has 3 N–H and O–H groups in total. The fraction of sp³-hybridized carbons (Fsp3) is 0.200. The van der Waals surface area contributed by atoms with Gasteiger partial charge in [-0.05, 0) is 31.5 Å². The van der Waals surface area contributed by atoms with Gasteiger partial charge in [0.1, 0.15) is 16.5 Å². The summed E-state index contributed by atoms with van der Waals surface area (Å²) in [7, 11) is -4.18. The Morgan fingerprint density at radius 2 is 1.72 bits per heavy atom. The van der Waals surface area contributed by atoms with Crippen molar-refractivity contribution in [1.29, 1.82) is 0 Å². The molecule has 0 saturated heterocycles. The van der Waals surface area contributed by atoms with Gasteiger partial charge in [0.15, 0.2) is 0 Å². The lowest BCUT2D eigenvalue weighted by Crippen LogP contribution is -2.45. The van der Waals surface area contributed by atoms with Crippen LogP contribution in [-0.4, -0.2) is 30.3 Å². The minimum atomic E-state index is -4.18. The summed E-state index contributed by atoms with van der Waals surface area (Å²) in [6.45, 7) is 3.11. The van der Waals surface area contributed by atoms with Crippen molar-refractivity contribution in [2.24, 2.45) is 0 Å². The smallest absolute Gasteiger partial charge is 0.244 e. The summed E-state index contributed by atoms with van der Waals surface area (Å²) in [5, 5.41) is 2.70. The number of carbonyl (C=O) groups excluding carboxylic acids is 1. The number of nitrogens with one attached hydrogen (secondary N) is 3. The predicted octanol–water partition coefficient (Wildman–Crippen LogP) is 2.76. The number of imidazole rings is 1. The summed E-state index contributed by atoms with van der Waals surface area (Å²) >= 11 is 0. The first-order chi connectivity index (χ1) is 13.8. The molecule has 0 saturated carbocycles. The molecule has 2 atom stereocenters. The highest BCUT2D eigenvalue weighted by atomic mass is 32.2. The zero-order valence-corrected chi connectivity index (χ0v) is 16.7. The van der Waals surface area contributed by atoms with Gasteiger partial charge >= 0.3 is 0 Å². The zero-order valence-electron chi connectivity index (χ0n) is 15.9. The van der Waals surface area contributed by atoms with Crippen molar-refractivity contribution in [3.63, 3.8) is 0 Å². The second-order valence-corrected chi connectivity index (χ2v) is 8.23. The van der Waals surface area contributed by atoms with Gasteiger partial charge in [0.25, 0.3) is 0 Å². The number of amides is 1. The largest absolute Gasteiger partial charge is 0.345 e. The van der Waals surface area contributed by atoms with Crippen LogP contribution in [0.25, 0.3) is 11.3 Å². The van der Waals surface area contributed by atoms with Gasteiger partial charge in [-0.15, -0.1) is 0 Å². The van der Waals surface area contributed by atoms with Crippen LogP contribution in [0.1, 0.15) is 25.7 Å². The third-order valence-electron chi connectivity index (χ3n) is 4.30. The van der Waals surface area contributed by atoms with E-state index in [2.05, 4.69) is 20.0 Å². The molecule has 0 radical (unpaired) electrons. The molecule has 9 heteroatoms. The van der Waals surface area contributed by atoms with E-state index in [-0.39, 0.29) is 0 Å². The molecule has 0 aliphatic rings. The number of aromatic amines is 1. The van der Waals surface area contributed by atoms with Crippen LogP contribution in [0.4, 0.5) is 4.39 Å². The summed E-state index contributed by atoms with van der Waals surface area (Å²) in [5.74, 6) is -0.915. The minimum Gasteiger partial charge on any atom is -0.345 e. The van der Waals surface area contributed by atoms with Crippen LogP contribution in [0, 0.1) is 5.82 Å². The molecule has 2 aromatic carbocycles. The number of hydrogen-bond acceptors (Lipinski definition) is 4. The Morgan fingerprint density at radius 1 is 1.07 bits per heavy atom. The molecule has 29 heavy (non-hydrogen) atoms. The predicted molar refractivity (Wildman–Crippen MR) is 107 cm³/mol. The molecule has 0 aliphatic heterocycles. The molecule has 0 aliphatic carbocycles. The Hall–Kier alpha value is -3.04. The van der Waals surface area contributed by atoms with Crippen molar-refractivity contribution in [3.8, 4) is 11.3 Å². The lowest BCUT2D eigenvalue weighted by molar-refractivity contribution is -0.123. The Bertz CT molecular complexity index is 1100.